The highest BCUT2D eigenvalue weighted by Crippen LogP contribution is 2.26. The molecule has 2 N–H and O–H groups in total. The van der Waals surface area contributed by atoms with Crippen molar-refractivity contribution < 1.29 is 27.5 Å². The third-order valence-electron chi connectivity index (χ3n) is 1.96. The smallest absolute Gasteiger partial charge is 0.409 e. The van der Waals surface area contributed by atoms with E-state index in [2.05, 4.69) is 0 Å². The van der Waals surface area contributed by atoms with Gasteiger partial charge in [0.2, 0.25) is 0 Å². The van der Waals surface area contributed by atoms with Crippen molar-refractivity contribution in [2.24, 2.45) is 0 Å². The fourth-order valence-electron chi connectivity index (χ4n) is 1.17. The second-order valence-electron chi connectivity index (χ2n) is 3.34. The van der Waals surface area contributed by atoms with Gasteiger partial charge in [-0.25, -0.2) is 4.39 Å². The molecule has 0 saturated heterocycles. The predicted molar refractivity (Wildman–Crippen MR) is 52.1 cm³/mol. The molecular formula is C10H9F4NO2. The van der Waals surface area contributed by atoms with Gasteiger partial charge < -0.3 is 10.4 Å². The second kappa shape index (κ2) is 5.03. The molecule has 0 radical (unpaired) electrons. The van der Waals surface area contributed by atoms with Crippen molar-refractivity contribution in [3.63, 3.8) is 0 Å². The zero-order chi connectivity index (χ0) is 13.1. The zero-order valence-electron chi connectivity index (χ0n) is 8.46. The van der Waals surface area contributed by atoms with Crippen molar-refractivity contribution in [1.29, 1.82) is 0 Å². The van der Waals surface area contributed by atoms with Crippen molar-refractivity contribution in [2.45, 2.75) is 18.6 Å². The fourth-order valence-corrected chi connectivity index (χ4v) is 1.17. The summed E-state index contributed by atoms with van der Waals surface area (Å²) in [5, 5.41) is 10.4. The van der Waals surface area contributed by atoms with Crippen molar-refractivity contribution >= 4 is 11.7 Å². The van der Waals surface area contributed by atoms with Crippen LogP contribution in [0.25, 0.3) is 0 Å². The molecule has 0 aliphatic heterocycles. The molecule has 1 unspecified atom stereocenters. The first kappa shape index (κ1) is 13.3. The first-order valence-corrected chi connectivity index (χ1v) is 4.59. The second-order valence-corrected chi connectivity index (χ2v) is 3.34. The van der Waals surface area contributed by atoms with E-state index in [1.54, 1.807) is 0 Å². The van der Waals surface area contributed by atoms with Crippen LogP contribution in [0.2, 0.25) is 0 Å². The summed E-state index contributed by atoms with van der Waals surface area (Å²) in [6.45, 7) is 0. The van der Waals surface area contributed by atoms with Gasteiger partial charge in [-0.15, -0.1) is 0 Å². The van der Waals surface area contributed by atoms with Gasteiger partial charge >= 0.3 is 12.1 Å². The van der Waals surface area contributed by atoms with Crippen molar-refractivity contribution in [2.75, 3.05) is 5.32 Å². The summed E-state index contributed by atoms with van der Waals surface area (Å²) in [4.78, 5) is 10.3. The number of rotatable bonds is 4. The fraction of sp³-hybridized carbons (Fsp3) is 0.300. The van der Waals surface area contributed by atoms with Crippen LogP contribution in [0.3, 0.4) is 0 Å². The van der Waals surface area contributed by atoms with Gasteiger partial charge in [-0.05, 0) is 24.3 Å². The molecule has 0 aliphatic rings. The number of hydrogen-bond acceptors (Lipinski definition) is 2. The summed E-state index contributed by atoms with van der Waals surface area (Å²) in [6.07, 6.45) is -5.78. The number of alkyl halides is 3. The molecule has 0 amide bonds. The Kier molecular flexibility index (Phi) is 3.93. The summed E-state index contributed by atoms with van der Waals surface area (Å²) in [5.41, 5.74) is 0.00924. The summed E-state index contributed by atoms with van der Waals surface area (Å²) < 4.78 is 49.9. The van der Waals surface area contributed by atoms with Crippen LogP contribution in [0.4, 0.5) is 23.2 Å². The minimum Gasteiger partial charge on any atom is -0.481 e. The van der Waals surface area contributed by atoms with Crippen LogP contribution < -0.4 is 5.32 Å². The molecule has 0 aromatic heterocycles. The number of anilines is 1. The molecule has 1 rings (SSSR count). The number of carboxylic acid groups (broad SMARTS) is 1. The Morgan fingerprint density at radius 3 is 2.24 bits per heavy atom. The highest BCUT2D eigenvalue weighted by atomic mass is 19.4. The standard InChI is InChI=1S/C10H9F4NO2/c11-6-1-3-7(4-2-6)15-8(5-9(16)17)10(12,13)14/h1-4,8,15H,5H2,(H,16,17). The Hall–Kier alpha value is -1.79. The lowest BCUT2D eigenvalue weighted by atomic mass is 10.2. The maximum atomic E-state index is 12.5. The summed E-state index contributed by atoms with van der Waals surface area (Å²) in [5.74, 6) is -2.15. The monoisotopic (exact) mass is 251 g/mol. The van der Waals surface area contributed by atoms with Crippen LogP contribution in [0.5, 0.6) is 0 Å². The van der Waals surface area contributed by atoms with Crippen LogP contribution in [-0.4, -0.2) is 23.3 Å². The first-order chi connectivity index (χ1) is 7.79. The molecule has 94 valence electrons. The number of aliphatic carboxylic acids is 1. The molecule has 0 heterocycles. The van der Waals surface area contributed by atoms with Gasteiger partial charge in [0.1, 0.15) is 11.9 Å². The van der Waals surface area contributed by atoms with E-state index in [9.17, 15) is 22.4 Å². The topological polar surface area (TPSA) is 49.3 Å². The van der Waals surface area contributed by atoms with E-state index in [0.29, 0.717) is 0 Å². The van der Waals surface area contributed by atoms with E-state index >= 15 is 0 Å². The Balaban J connectivity index is 2.79. The normalized spacial score (nSPS) is 13.2. The number of hydrogen-bond donors (Lipinski definition) is 2. The number of carboxylic acids is 1. The molecule has 1 aromatic carbocycles. The molecule has 0 aliphatic carbocycles. The molecule has 1 aromatic rings. The molecule has 3 nitrogen and oxygen atoms in total. The summed E-state index contributed by atoms with van der Waals surface area (Å²) in [6, 6.07) is 1.98. The predicted octanol–water partition coefficient (Wildman–Crippen LogP) is 2.64. The minimum absolute atomic E-state index is 0.00924. The van der Waals surface area contributed by atoms with Crippen LogP contribution in [0.15, 0.2) is 24.3 Å². The minimum atomic E-state index is -4.69. The highest BCUT2D eigenvalue weighted by Gasteiger charge is 2.41. The van der Waals surface area contributed by atoms with E-state index in [1.807, 2.05) is 5.32 Å². The Bertz CT molecular complexity index is 388. The van der Waals surface area contributed by atoms with Crippen LogP contribution in [0.1, 0.15) is 6.42 Å². The molecule has 1 atom stereocenters. The van der Waals surface area contributed by atoms with Crippen molar-refractivity contribution in [3.8, 4) is 0 Å². The average molecular weight is 251 g/mol. The van der Waals surface area contributed by atoms with Crippen LogP contribution in [-0.2, 0) is 4.79 Å². The van der Waals surface area contributed by atoms with Gasteiger partial charge in [0, 0.05) is 5.69 Å². The molecular weight excluding hydrogens is 242 g/mol. The van der Waals surface area contributed by atoms with Crippen LogP contribution in [0, 0.1) is 5.82 Å². The molecule has 0 fully saturated rings. The quantitative estimate of drug-likeness (QED) is 0.809. The maximum absolute atomic E-state index is 12.5. The molecule has 0 spiro atoms. The maximum Gasteiger partial charge on any atom is 0.409 e. The third-order valence-corrected chi connectivity index (χ3v) is 1.96. The van der Waals surface area contributed by atoms with Gasteiger partial charge in [-0.1, -0.05) is 0 Å². The molecule has 17 heavy (non-hydrogen) atoms. The Morgan fingerprint density at radius 1 is 1.29 bits per heavy atom. The Labute approximate surface area is 94.1 Å². The number of halogens is 4. The van der Waals surface area contributed by atoms with E-state index in [1.165, 1.54) is 0 Å². The lowest BCUT2D eigenvalue weighted by Crippen LogP contribution is -2.38. The average Bonchev–Trinajstić information content (AvgIpc) is 2.18. The summed E-state index contributed by atoms with van der Waals surface area (Å²) in [7, 11) is 0. The van der Waals surface area contributed by atoms with Gasteiger partial charge in [0.05, 0.1) is 6.42 Å². The molecule has 0 saturated carbocycles. The first-order valence-electron chi connectivity index (χ1n) is 4.59. The number of nitrogens with one attached hydrogen (secondary N) is 1. The van der Waals surface area contributed by atoms with Gasteiger partial charge in [0.15, 0.2) is 0 Å². The summed E-state index contributed by atoms with van der Waals surface area (Å²) >= 11 is 0. The molecule has 7 heteroatoms. The number of carbonyl (C=O) groups is 1. The lowest BCUT2D eigenvalue weighted by molar-refractivity contribution is -0.157. The highest BCUT2D eigenvalue weighted by molar-refractivity contribution is 5.68. The third kappa shape index (κ3) is 4.29. The van der Waals surface area contributed by atoms with Crippen molar-refractivity contribution in [1.82, 2.24) is 0 Å². The lowest BCUT2D eigenvalue weighted by Gasteiger charge is -2.21. The van der Waals surface area contributed by atoms with E-state index in [0.717, 1.165) is 24.3 Å². The van der Waals surface area contributed by atoms with Gasteiger partial charge in [-0.3, -0.25) is 4.79 Å². The zero-order valence-corrected chi connectivity index (χ0v) is 8.46. The van der Waals surface area contributed by atoms with Gasteiger partial charge in [0.25, 0.3) is 0 Å². The van der Waals surface area contributed by atoms with Crippen LogP contribution >= 0.6 is 0 Å². The van der Waals surface area contributed by atoms with Crippen molar-refractivity contribution in [3.05, 3.63) is 30.1 Å². The SMILES string of the molecule is O=C(O)CC(Nc1ccc(F)cc1)C(F)(F)F. The Morgan fingerprint density at radius 2 is 1.82 bits per heavy atom. The van der Waals surface area contributed by atoms with E-state index in [-0.39, 0.29) is 5.69 Å². The number of benzene rings is 1. The van der Waals surface area contributed by atoms with E-state index in [4.69, 9.17) is 5.11 Å². The van der Waals surface area contributed by atoms with E-state index < -0.39 is 30.4 Å². The van der Waals surface area contributed by atoms with Gasteiger partial charge in [-0.2, -0.15) is 13.2 Å². The molecule has 0 bridgehead atoms. The largest absolute Gasteiger partial charge is 0.481 e.